The van der Waals surface area contributed by atoms with Gasteiger partial charge in [-0.05, 0) is 61.1 Å². The number of carbonyl (C=O) groups is 5. The standard InChI is InChI=1S/C33H55N3O12.2HI.V/c1-12-22-33(9)26(35-31(42)48-33)17(4)23(38)15(2)14-32(8,47-30(34)41)27(18(5)24(39)19(6)28(40)45-22)46-29-25(44-20(7)37)21(36(10)11)13-16(3)43-29;;;/h15-19,21-22,24-27,29,39H,12-14H2,1-11H3,(H2,34,41)(H,35,42);2*1H;/q;;;+2/p-2/t15-,16-,17+,18+,19-,21+,22-,24+,25-,26-,27-,29+,32-,33-;;;/m1.../s1. The summed E-state index contributed by atoms with van der Waals surface area (Å²) in [5.74, 6) is -5.42. The molecule has 3 rings (SSSR count). The van der Waals surface area contributed by atoms with Crippen LogP contribution in [0.25, 0.3) is 0 Å². The van der Waals surface area contributed by atoms with E-state index in [0.717, 1.165) is 0 Å². The number of carbonyl (C=O) groups excluding carboxylic acids is 5. The van der Waals surface area contributed by atoms with E-state index in [-0.39, 0.29) is 30.8 Å². The van der Waals surface area contributed by atoms with Gasteiger partial charge in [0.05, 0.1) is 30.2 Å². The second-order valence-electron chi connectivity index (χ2n) is 14.5. The van der Waals surface area contributed by atoms with Crippen LogP contribution in [-0.4, -0.2) is 114 Å². The predicted octanol–water partition coefficient (Wildman–Crippen LogP) is 4.06. The van der Waals surface area contributed by atoms with Gasteiger partial charge in [-0.3, -0.25) is 14.4 Å². The molecule has 4 N–H and O–H groups in total. The zero-order valence-electron chi connectivity index (χ0n) is 31.2. The maximum atomic E-state index is 14.1. The van der Waals surface area contributed by atoms with Gasteiger partial charge >= 0.3 is 73.5 Å². The van der Waals surface area contributed by atoms with Crippen molar-refractivity contribution in [1.29, 1.82) is 0 Å². The van der Waals surface area contributed by atoms with Crippen molar-refractivity contribution >= 4 is 69.9 Å². The molecule has 2 amide bonds. The molecular weight excluding hydrogens is 935 g/mol. The molecule has 0 aliphatic carbocycles. The Balaban J connectivity index is 0.00000290. The number of nitrogens with two attached hydrogens (primary N) is 1. The number of likely N-dealkylation sites (N-methyl/N-ethyl adjacent to an activating group) is 1. The molecule has 3 saturated heterocycles. The van der Waals surface area contributed by atoms with Gasteiger partial charge in [0.15, 0.2) is 18.0 Å². The predicted molar refractivity (Wildman–Crippen MR) is 198 cm³/mol. The summed E-state index contributed by atoms with van der Waals surface area (Å²) in [6, 6.07) is -1.20. The summed E-state index contributed by atoms with van der Waals surface area (Å²) in [5, 5.41) is 14.5. The molecule has 0 aromatic carbocycles. The van der Waals surface area contributed by atoms with Crippen LogP contribution in [0.2, 0.25) is 0 Å². The van der Waals surface area contributed by atoms with Gasteiger partial charge in [0.1, 0.15) is 23.6 Å². The monoisotopic (exact) mass is 990 g/mol. The van der Waals surface area contributed by atoms with E-state index in [4.69, 9.17) is 34.2 Å². The number of amides is 2. The van der Waals surface area contributed by atoms with Crippen LogP contribution in [0.3, 0.4) is 0 Å². The fourth-order valence-electron chi connectivity index (χ4n) is 7.77. The van der Waals surface area contributed by atoms with Crippen molar-refractivity contribution in [3.05, 3.63) is 0 Å². The molecule has 0 spiro atoms. The molecule has 0 radical (unpaired) electrons. The van der Waals surface area contributed by atoms with Gasteiger partial charge in [0.2, 0.25) is 0 Å². The number of primary amides is 1. The molecule has 0 bridgehead atoms. The number of aliphatic hydroxyl groups excluding tert-OH is 1. The Labute approximate surface area is 330 Å². The molecule has 14 atom stereocenters. The zero-order valence-corrected chi connectivity index (χ0v) is 36.9. The first-order chi connectivity index (χ1) is 23.6. The van der Waals surface area contributed by atoms with Crippen LogP contribution < -0.4 is 11.1 Å². The number of nitrogens with zero attached hydrogens (tertiary/aromatic N) is 1. The zero-order chi connectivity index (χ0) is 39.2. The first-order valence-corrected chi connectivity index (χ1v) is 26.1. The number of hydrogen-bond donors (Lipinski definition) is 3. The Morgan fingerprint density at radius 2 is 1.69 bits per heavy atom. The SMILES string of the molecule is CC[C@H]1OC(=O)[C@H](C)[C@@H](O)[C@H](C)[C@@H](O[C@@H]2O[C@H](C)C[C@H](N(C)C)[C@H]2OC(C)=O)[C@](C)(OC(N)=O)C[C@@H](C)C(=O)[C@H](C)[C@H]2NC(=O)O[C@@]21C.[I][V][I]. The molecule has 3 heterocycles. The Hall–Kier alpha value is -0.966. The van der Waals surface area contributed by atoms with E-state index in [0.29, 0.717) is 15.9 Å². The van der Waals surface area contributed by atoms with Gasteiger partial charge in [0.25, 0.3) is 0 Å². The quantitative estimate of drug-likeness (QED) is 0.196. The molecule has 3 aliphatic heterocycles. The number of ether oxygens (including phenoxy) is 6. The summed E-state index contributed by atoms with van der Waals surface area (Å²) >= 11 is 4.74. The van der Waals surface area contributed by atoms with Gasteiger partial charge in [-0.25, -0.2) is 9.59 Å². The maximum absolute atomic E-state index is 14.1. The third-order valence-corrected chi connectivity index (χ3v) is 10.3. The Morgan fingerprint density at radius 3 is 2.20 bits per heavy atom. The van der Waals surface area contributed by atoms with E-state index in [1.54, 1.807) is 34.6 Å². The molecule has 18 heteroatoms. The molecule has 0 aromatic rings. The van der Waals surface area contributed by atoms with Crippen LogP contribution in [0.4, 0.5) is 9.59 Å². The Morgan fingerprint density at radius 1 is 1.10 bits per heavy atom. The fraction of sp³-hybridized carbons (Fsp3) is 0.848. The fourth-order valence-corrected chi connectivity index (χ4v) is 7.77. The third-order valence-electron chi connectivity index (χ3n) is 10.3. The van der Waals surface area contributed by atoms with Crippen molar-refractivity contribution in [3.63, 3.8) is 0 Å². The summed E-state index contributed by atoms with van der Waals surface area (Å²) < 4.78 is 35.9. The van der Waals surface area contributed by atoms with Crippen LogP contribution in [0.1, 0.15) is 81.6 Å². The van der Waals surface area contributed by atoms with Crippen LogP contribution in [0.5, 0.6) is 0 Å². The number of Topliss-reactive ketones (excluding diaryl/α,β-unsaturated/α-hetero) is 1. The van der Waals surface area contributed by atoms with E-state index in [9.17, 15) is 29.1 Å². The number of rotatable bonds is 6. The number of hydrogen-bond acceptors (Lipinski definition) is 13. The van der Waals surface area contributed by atoms with Crippen LogP contribution in [-0.2, 0) is 52.3 Å². The Bertz CT molecular complexity index is 1250. The number of ketones is 1. The molecule has 51 heavy (non-hydrogen) atoms. The first kappa shape index (κ1) is 46.2. The molecule has 0 aromatic heterocycles. The summed E-state index contributed by atoms with van der Waals surface area (Å²) in [6.45, 7) is 14.4. The number of fused-ring (bicyclic) bond motifs is 1. The topological polar surface area (TPSA) is 202 Å². The van der Waals surface area contributed by atoms with Gasteiger partial charge in [-0.15, -0.1) is 0 Å². The van der Waals surface area contributed by atoms with E-state index >= 15 is 0 Å². The van der Waals surface area contributed by atoms with E-state index in [1.165, 1.54) is 20.8 Å². The average molecular weight is 991 g/mol. The van der Waals surface area contributed by atoms with Crippen molar-refractivity contribution in [2.45, 2.75) is 142 Å². The van der Waals surface area contributed by atoms with Gasteiger partial charge < -0.3 is 49.5 Å². The molecule has 0 saturated carbocycles. The van der Waals surface area contributed by atoms with Crippen LogP contribution >= 0.6 is 40.0 Å². The van der Waals surface area contributed by atoms with Crippen molar-refractivity contribution in [3.8, 4) is 0 Å². The van der Waals surface area contributed by atoms with Gasteiger partial charge in [0, 0.05) is 24.7 Å². The van der Waals surface area contributed by atoms with E-state index in [2.05, 4.69) is 45.3 Å². The number of esters is 2. The number of nitrogens with one attached hydrogen (secondary N) is 1. The number of cyclic esters (lactones) is 1. The van der Waals surface area contributed by atoms with Crippen molar-refractivity contribution in [2.24, 2.45) is 29.4 Å². The average Bonchev–Trinajstić information content (AvgIpc) is 3.34. The minimum atomic E-state index is -1.70. The summed E-state index contributed by atoms with van der Waals surface area (Å²) in [6.07, 6.45) is -7.45. The summed E-state index contributed by atoms with van der Waals surface area (Å²) in [5.41, 5.74) is 2.50. The van der Waals surface area contributed by atoms with Gasteiger partial charge in [-0.1, -0.05) is 27.7 Å². The molecular formula is C33H55I2N3O12V. The number of halogens is 2. The Kier molecular flexibility index (Phi) is 17.7. The second-order valence-corrected chi connectivity index (χ2v) is 26.3. The molecule has 293 valence electrons. The molecule has 15 nitrogen and oxygen atoms in total. The van der Waals surface area contributed by atoms with Crippen molar-refractivity contribution in [1.82, 2.24) is 10.2 Å². The summed E-state index contributed by atoms with van der Waals surface area (Å²) in [7, 11) is 4.29. The third kappa shape index (κ3) is 11.3. The first-order valence-electron chi connectivity index (χ1n) is 17.0. The van der Waals surface area contributed by atoms with Crippen LogP contribution in [0.15, 0.2) is 0 Å². The minimum absolute atomic E-state index is 0.132. The number of aliphatic hydroxyl groups is 1. The van der Waals surface area contributed by atoms with E-state index < -0.39 is 95.7 Å². The molecule has 3 aliphatic rings. The van der Waals surface area contributed by atoms with Crippen molar-refractivity contribution < 1.29 is 67.0 Å². The van der Waals surface area contributed by atoms with E-state index in [1.807, 2.05) is 25.9 Å². The number of alkyl carbamates (subject to hydrolysis) is 1. The molecule has 3 fully saturated rings. The van der Waals surface area contributed by atoms with Crippen molar-refractivity contribution in [2.75, 3.05) is 14.1 Å². The normalized spacial score (nSPS) is 40.6. The van der Waals surface area contributed by atoms with Crippen LogP contribution in [0, 0.1) is 23.7 Å². The second kappa shape index (κ2) is 19.6. The summed E-state index contributed by atoms with van der Waals surface area (Å²) in [4.78, 5) is 67.0. The van der Waals surface area contributed by atoms with Gasteiger partial charge in [-0.2, -0.15) is 0 Å². The molecule has 0 unspecified atom stereocenters.